The third-order valence-corrected chi connectivity index (χ3v) is 4.12. The van der Waals surface area contributed by atoms with E-state index in [4.69, 9.17) is 4.98 Å². The van der Waals surface area contributed by atoms with E-state index in [-0.39, 0.29) is 0 Å². The van der Waals surface area contributed by atoms with Crippen LogP contribution in [0.2, 0.25) is 0 Å². The molecular formula is C20H30N2. The van der Waals surface area contributed by atoms with Crippen molar-refractivity contribution in [2.24, 2.45) is 0 Å². The fourth-order valence-electron chi connectivity index (χ4n) is 2.90. The van der Waals surface area contributed by atoms with Gasteiger partial charge in [0, 0.05) is 18.7 Å². The summed E-state index contributed by atoms with van der Waals surface area (Å²) in [6, 6.07) is 10.7. The molecule has 2 rings (SSSR count). The van der Waals surface area contributed by atoms with Crippen LogP contribution in [0.15, 0.2) is 36.5 Å². The van der Waals surface area contributed by atoms with Gasteiger partial charge >= 0.3 is 0 Å². The molecule has 0 aliphatic carbocycles. The Morgan fingerprint density at radius 3 is 2.45 bits per heavy atom. The molecule has 0 atom stereocenters. The van der Waals surface area contributed by atoms with Crippen molar-refractivity contribution >= 4 is 0 Å². The Morgan fingerprint density at radius 2 is 1.77 bits per heavy atom. The predicted octanol–water partition coefficient (Wildman–Crippen LogP) is 5.37. The zero-order valence-electron chi connectivity index (χ0n) is 14.4. The van der Waals surface area contributed by atoms with Crippen LogP contribution in [0.1, 0.15) is 69.5 Å². The minimum atomic E-state index is 0.504. The van der Waals surface area contributed by atoms with E-state index in [0.29, 0.717) is 5.92 Å². The molecular weight excluding hydrogens is 268 g/mol. The molecule has 0 unspecified atom stereocenters. The smallest absolute Gasteiger partial charge is 0.111 e. The first-order valence-corrected chi connectivity index (χ1v) is 8.80. The number of hydrogen-bond acceptors (Lipinski definition) is 1. The summed E-state index contributed by atoms with van der Waals surface area (Å²) >= 11 is 0. The Hall–Kier alpha value is -1.57. The number of aromatic nitrogens is 2. The summed E-state index contributed by atoms with van der Waals surface area (Å²) in [5.74, 6) is 1.76. The number of rotatable bonds is 9. The van der Waals surface area contributed by atoms with Gasteiger partial charge < -0.3 is 4.57 Å². The van der Waals surface area contributed by atoms with Gasteiger partial charge in [-0.25, -0.2) is 4.98 Å². The van der Waals surface area contributed by atoms with Gasteiger partial charge in [-0.05, 0) is 31.2 Å². The van der Waals surface area contributed by atoms with E-state index >= 15 is 0 Å². The van der Waals surface area contributed by atoms with Crippen molar-refractivity contribution in [3.63, 3.8) is 0 Å². The molecule has 0 fully saturated rings. The number of benzene rings is 1. The van der Waals surface area contributed by atoms with Crippen molar-refractivity contribution in [1.82, 2.24) is 9.55 Å². The highest BCUT2D eigenvalue weighted by Gasteiger charge is 2.11. The fraction of sp³-hybridized carbons (Fsp3) is 0.550. The lowest BCUT2D eigenvalue weighted by molar-refractivity contribution is 0.565. The van der Waals surface area contributed by atoms with Crippen LogP contribution in [0.3, 0.4) is 0 Å². The fourth-order valence-corrected chi connectivity index (χ4v) is 2.90. The molecule has 22 heavy (non-hydrogen) atoms. The third-order valence-electron chi connectivity index (χ3n) is 4.12. The summed E-state index contributed by atoms with van der Waals surface area (Å²) in [4.78, 5) is 4.88. The molecule has 1 aromatic carbocycles. The number of hydrogen-bond donors (Lipinski definition) is 0. The lowest BCUT2D eigenvalue weighted by Crippen LogP contribution is -2.04. The number of unbranched alkanes of at least 4 members (excludes halogenated alkanes) is 2. The van der Waals surface area contributed by atoms with Crippen LogP contribution in [0.25, 0.3) is 0 Å². The Kier molecular flexibility index (Phi) is 6.70. The Morgan fingerprint density at radius 1 is 1.00 bits per heavy atom. The van der Waals surface area contributed by atoms with E-state index in [2.05, 4.69) is 61.9 Å². The zero-order chi connectivity index (χ0) is 15.8. The van der Waals surface area contributed by atoms with Crippen molar-refractivity contribution in [1.29, 1.82) is 0 Å². The van der Waals surface area contributed by atoms with E-state index in [1.807, 2.05) is 0 Å². The molecule has 2 nitrogen and oxygen atoms in total. The molecule has 0 spiro atoms. The van der Waals surface area contributed by atoms with Crippen molar-refractivity contribution in [3.05, 3.63) is 53.6 Å². The van der Waals surface area contributed by atoms with Crippen LogP contribution in [0.5, 0.6) is 0 Å². The summed E-state index contributed by atoms with van der Waals surface area (Å²) < 4.78 is 2.39. The SMILES string of the molecule is CCCCCn1cc(CCCc2ccccc2)nc1C(C)C. The van der Waals surface area contributed by atoms with Crippen LogP contribution in [-0.4, -0.2) is 9.55 Å². The standard InChI is InChI=1S/C20H30N2/c1-4-5-9-15-22-16-19(21-20(22)17(2)3)14-10-13-18-11-7-6-8-12-18/h6-8,11-12,16-17H,4-5,9-10,13-15H2,1-3H3. The summed E-state index contributed by atoms with van der Waals surface area (Å²) in [7, 11) is 0. The summed E-state index contributed by atoms with van der Waals surface area (Å²) in [6.45, 7) is 7.86. The van der Waals surface area contributed by atoms with Crippen LogP contribution in [-0.2, 0) is 19.4 Å². The average Bonchev–Trinajstić information content (AvgIpc) is 2.92. The van der Waals surface area contributed by atoms with Crippen LogP contribution >= 0.6 is 0 Å². The van der Waals surface area contributed by atoms with E-state index in [9.17, 15) is 0 Å². The van der Waals surface area contributed by atoms with Gasteiger partial charge in [0.2, 0.25) is 0 Å². The highest BCUT2D eigenvalue weighted by molar-refractivity contribution is 5.15. The number of nitrogens with zero attached hydrogens (tertiary/aromatic N) is 2. The first kappa shape index (κ1) is 16.8. The summed E-state index contributed by atoms with van der Waals surface area (Å²) in [6.07, 6.45) is 9.52. The van der Waals surface area contributed by atoms with E-state index < -0.39 is 0 Å². The second kappa shape index (κ2) is 8.77. The second-order valence-electron chi connectivity index (χ2n) is 6.48. The van der Waals surface area contributed by atoms with Gasteiger partial charge in [-0.15, -0.1) is 0 Å². The monoisotopic (exact) mass is 298 g/mol. The average molecular weight is 298 g/mol. The predicted molar refractivity (Wildman–Crippen MR) is 94.3 cm³/mol. The van der Waals surface area contributed by atoms with Crippen LogP contribution in [0, 0.1) is 0 Å². The van der Waals surface area contributed by atoms with E-state index in [0.717, 1.165) is 19.4 Å². The molecule has 1 aromatic heterocycles. The molecule has 1 heterocycles. The molecule has 0 bridgehead atoms. The van der Waals surface area contributed by atoms with Crippen molar-refractivity contribution in [2.75, 3.05) is 0 Å². The first-order chi connectivity index (χ1) is 10.7. The molecule has 0 aliphatic heterocycles. The topological polar surface area (TPSA) is 17.8 Å². The summed E-state index contributed by atoms with van der Waals surface area (Å²) in [5, 5.41) is 0. The molecule has 120 valence electrons. The van der Waals surface area contributed by atoms with E-state index in [1.54, 1.807) is 0 Å². The van der Waals surface area contributed by atoms with Crippen molar-refractivity contribution in [2.45, 2.75) is 71.8 Å². The molecule has 0 amide bonds. The van der Waals surface area contributed by atoms with Gasteiger partial charge in [0.05, 0.1) is 5.69 Å². The maximum absolute atomic E-state index is 4.88. The van der Waals surface area contributed by atoms with Crippen molar-refractivity contribution < 1.29 is 0 Å². The molecule has 2 aromatic rings. The highest BCUT2D eigenvalue weighted by Crippen LogP contribution is 2.17. The lowest BCUT2D eigenvalue weighted by Gasteiger charge is -2.09. The van der Waals surface area contributed by atoms with Crippen molar-refractivity contribution in [3.8, 4) is 0 Å². The van der Waals surface area contributed by atoms with Gasteiger partial charge in [-0.3, -0.25) is 0 Å². The van der Waals surface area contributed by atoms with E-state index in [1.165, 1.54) is 42.8 Å². The third kappa shape index (κ3) is 5.01. The number of imidazole rings is 1. The molecule has 0 saturated heterocycles. The van der Waals surface area contributed by atoms with Gasteiger partial charge in [0.25, 0.3) is 0 Å². The van der Waals surface area contributed by atoms with Gasteiger partial charge in [-0.1, -0.05) is 63.9 Å². The van der Waals surface area contributed by atoms with Gasteiger partial charge in [0.1, 0.15) is 5.82 Å². The first-order valence-electron chi connectivity index (χ1n) is 8.80. The largest absolute Gasteiger partial charge is 0.334 e. The summed E-state index contributed by atoms with van der Waals surface area (Å²) in [5.41, 5.74) is 2.69. The maximum Gasteiger partial charge on any atom is 0.111 e. The molecule has 2 heteroatoms. The maximum atomic E-state index is 4.88. The molecule has 0 N–H and O–H groups in total. The normalized spacial score (nSPS) is 11.3. The van der Waals surface area contributed by atoms with Gasteiger partial charge in [-0.2, -0.15) is 0 Å². The number of aryl methyl sites for hydroxylation is 3. The Balaban J connectivity index is 1.91. The van der Waals surface area contributed by atoms with Crippen LogP contribution < -0.4 is 0 Å². The lowest BCUT2D eigenvalue weighted by atomic mass is 10.1. The Labute approximate surface area is 135 Å². The molecule has 0 radical (unpaired) electrons. The second-order valence-corrected chi connectivity index (χ2v) is 6.48. The Bertz CT molecular complexity index is 540. The van der Waals surface area contributed by atoms with Gasteiger partial charge in [0.15, 0.2) is 0 Å². The minimum absolute atomic E-state index is 0.504. The van der Waals surface area contributed by atoms with Crippen LogP contribution in [0.4, 0.5) is 0 Å². The molecule has 0 saturated carbocycles. The highest BCUT2D eigenvalue weighted by atomic mass is 15.1. The zero-order valence-corrected chi connectivity index (χ0v) is 14.4. The quantitative estimate of drug-likeness (QED) is 0.569. The minimum Gasteiger partial charge on any atom is -0.334 e. The molecule has 0 aliphatic rings.